The number of sulfonamides is 1. The van der Waals surface area contributed by atoms with E-state index in [1.807, 2.05) is 0 Å². The van der Waals surface area contributed by atoms with Crippen LogP contribution in [0.3, 0.4) is 0 Å². The first-order valence-electron chi connectivity index (χ1n) is 9.87. The van der Waals surface area contributed by atoms with Gasteiger partial charge in [0, 0.05) is 23.1 Å². The third kappa shape index (κ3) is 4.82. The van der Waals surface area contributed by atoms with Crippen LogP contribution in [-0.4, -0.2) is 36.3 Å². The number of nitrogens with one attached hydrogen (secondary N) is 1. The van der Waals surface area contributed by atoms with Crippen LogP contribution in [0.1, 0.15) is 31.8 Å². The second-order valence-electron chi connectivity index (χ2n) is 7.48. The number of carbonyl (C=O) groups is 2. The number of rotatable bonds is 5. The van der Waals surface area contributed by atoms with Crippen molar-refractivity contribution >= 4 is 43.5 Å². The second kappa shape index (κ2) is 9.05. The number of carboxylic acid groups (broad SMARTS) is 1. The van der Waals surface area contributed by atoms with Crippen molar-refractivity contribution in [2.24, 2.45) is 0 Å². The van der Waals surface area contributed by atoms with Crippen LogP contribution in [0.25, 0.3) is 0 Å². The summed E-state index contributed by atoms with van der Waals surface area (Å²) in [5.74, 6) is -2.19. The molecule has 0 saturated carbocycles. The predicted octanol–water partition coefficient (Wildman–Crippen LogP) is 4.29. The number of benzene rings is 3. The Hall–Kier alpha value is -3.08. The van der Waals surface area contributed by atoms with Crippen molar-refractivity contribution in [1.82, 2.24) is 4.31 Å². The fraction of sp³-hybridized carbons (Fsp3) is 0.130. The van der Waals surface area contributed by atoms with Crippen LogP contribution in [-0.2, 0) is 23.0 Å². The number of carboxylic acids is 1. The first-order valence-corrected chi connectivity index (χ1v) is 12.1. The standard InChI is InChI=1S/C23H18BrFN2O5S/c24-17-4-8-21(20(12-17)23(29)30)26-22(28)15-2-6-19(7-3-15)33(31,32)27-10-9-14-1-5-18(25)11-16(14)13-27/h1-8,11-12H,9-10,13H2,(H,26,28)(H,29,30). The number of amides is 1. The van der Waals surface area contributed by atoms with Gasteiger partial charge in [-0.15, -0.1) is 0 Å². The zero-order chi connectivity index (χ0) is 23.8. The molecule has 0 atom stereocenters. The Morgan fingerprint density at radius 3 is 2.42 bits per heavy atom. The predicted molar refractivity (Wildman–Crippen MR) is 123 cm³/mol. The molecule has 10 heteroatoms. The molecule has 33 heavy (non-hydrogen) atoms. The van der Waals surface area contributed by atoms with Gasteiger partial charge in [-0.3, -0.25) is 4.79 Å². The van der Waals surface area contributed by atoms with E-state index in [1.165, 1.54) is 52.8 Å². The van der Waals surface area contributed by atoms with Gasteiger partial charge in [-0.25, -0.2) is 17.6 Å². The monoisotopic (exact) mass is 532 g/mol. The Bertz CT molecular complexity index is 1360. The molecule has 3 aromatic rings. The summed E-state index contributed by atoms with van der Waals surface area (Å²) >= 11 is 3.19. The maximum Gasteiger partial charge on any atom is 0.337 e. The Morgan fingerprint density at radius 1 is 1.00 bits per heavy atom. The summed E-state index contributed by atoms with van der Waals surface area (Å²) in [6, 6.07) is 14.2. The van der Waals surface area contributed by atoms with Crippen molar-refractivity contribution in [3.05, 3.63) is 93.2 Å². The van der Waals surface area contributed by atoms with E-state index in [0.29, 0.717) is 16.5 Å². The summed E-state index contributed by atoms with van der Waals surface area (Å²) < 4.78 is 41.5. The summed E-state index contributed by atoms with van der Waals surface area (Å²) in [4.78, 5) is 24.0. The Labute approximate surface area is 198 Å². The van der Waals surface area contributed by atoms with E-state index in [1.54, 1.807) is 12.1 Å². The summed E-state index contributed by atoms with van der Waals surface area (Å²) in [6.45, 7) is 0.337. The zero-order valence-electron chi connectivity index (χ0n) is 17.1. The molecule has 1 aliphatic rings. The molecule has 0 aliphatic carbocycles. The molecule has 0 fully saturated rings. The Morgan fingerprint density at radius 2 is 1.73 bits per heavy atom. The van der Waals surface area contributed by atoms with E-state index in [4.69, 9.17) is 0 Å². The quantitative estimate of drug-likeness (QED) is 0.510. The largest absolute Gasteiger partial charge is 0.478 e. The van der Waals surface area contributed by atoms with Crippen molar-refractivity contribution in [3.8, 4) is 0 Å². The lowest BCUT2D eigenvalue weighted by molar-refractivity contribution is 0.0698. The topological polar surface area (TPSA) is 104 Å². The maximum atomic E-state index is 13.6. The molecular weight excluding hydrogens is 515 g/mol. The molecule has 3 aromatic carbocycles. The number of nitrogens with zero attached hydrogens (tertiary/aromatic N) is 1. The van der Waals surface area contributed by atoms with Crippen LogP contribution >= 0.6 is 15.9 Å². The van der Waals surface area contributed by atoms with Crippen molar-refractivity contribution in [2.75, 3.05) is 11.9 Å². The van der Waals surface area contributed by atoms with E-state index >= 15 is 0 Å². The number of anilines is 1. The first-order chi connectivity index (χ1) is 15.6. The molecule has 0 aromatic heterocycles. The van der Waals surface area contributed by atoms with Gasteiger partial charge < -0.3 is 10.4 Å². The molecule has 0 radical (unpaired) electrons. The molecule has 7 nitrogen and oxygen atoms in total. The van der Waals surface area contributed by atoms with Gasteiger partial charge in [0.15, 0.2) is 0 Å². The fourth-order valence-electron chi connectivity index (χ4n) is 3.63. The van der Waals surface area contributed by atoms with Gasteiger partial charge in [0.25, 0.3) is 5.91 Å². The smallest absolute Gasteiger partial charge is 0.337 e. The van der Waals surface area contributed by atoms with Crippen LogP contribution in [0.15, 0.2) is 70.0 Å². The minimum absolute atomic E-state index is 0.00812. The molecule has 2 N–H and O–H groups in total. The molecule has 1 amide bonds. The summed E-state index contributed by atoms with van der Waals surface area (Å²) in [7, 11) is -3.85. The molecule has 0 bridgehead atoms. The maximum absolute atomic E-state index is 13.6. The highest BCUT2D eigenvalue weighted by Gasteiger charge is 2.28. The summed E-state index contributed by atoms with van der Waals surface area (Å²) in [6.07, 6.45) is 0.481. The number of aromatic carboxylic acids is 1. The third-order valence-electron chi connectivity index (χ3n) is 5.36. The highest BCUT2D eigenvalue weighted by atomic mass is 79.9. The lowest BCUT2D eigenvalue weighted by Crippen LogP contribution is -2.36. The van der Waals surface area contributed by atoms with E-state index in [9.17, 15) is 27.5 Å². The number of halogens is 2. The highest BCUT2D eigenvalue weighted by molar-refractivity contribution is 9.10. The molecule has 1 heterocycles. The molecule has 170 valence electrons. The van der Waals surface area contributed by atoms with Crippen molar-refractivity contribution in [3.63, 3.8) is 0 Å². The van der Waals surface area contributed by atoms with Crippen molar-refractivity contribution in [1.29, 1.82) is 0 Å². The normalized spacial score (nSPS) is 13.9. The van der Waals surface area contributed by atoms with E-state index in [0.717, 1.165) is 5.56 Å². The Balaban J connectivity index is 1.52. The van der Waals surface area contributed by atoms with Gasteiger partial charge in [-0.05, 0) is 72.1 Å². The van der Waals surface area contributed by atoms with Crippen LogP contribution in [0.5, 0.6) is 0 Å². The summed E-state index contributed by atoms with van der Waals surface area (Å²) in [5, 5.41) is 11.9. The molecule has 4 rings (SSSR count). The van der Waals surface area contributed by atoms with Gasteiger partial charge in [-0.2, -0.15) is 4.31 Å². The minimum atomic E-state index is -3.85. The van der Waals surface area contributed by atoms with Crippen LogP contribution in [0, 0.1) is 5.82 Å². The van der Waals surface area contributed by atoms with E-state index in [-0.39, 0.29) is 34.8 Å². The van der Waals surface area contributed by atoms with Crippen molar-refractivity contribution in [2.45, 2.75) is 17.9 Å². The third-order valence-corrected chi connectivity index (χ3v) is 7.71. The van der Waals surface area contributed by atoms with E-state index in [2.05, 4.69) is 21.2 Å². The molecule has 0 unspecified atom stereocenters. The average molecular weight is 533 g/mol. The fourth-order valence-corrected chi connectivity index (χ4v) is 5.41. The zero-order valence-corrected chi connectivity index (χ0v) is 19.5. The van der Waals surface area contributed by atoms with Crippen LogP contribution in [0.4, 0.5) is 10.1 Å². The van der Waals surface area contributed by atoms with Gasteiger partial charge in [-0.1, -0.05) is 22.0 Å². The average Bonchev–Trinajstić information content (AvgIpc) is 2.79. The van der Waals surface area contributed by atoms with E-state index < -0.39 is 27.7 Å². The number of carbonyl (C=O) groups excluding carboxylic acids is 1. The SMILES string of the molecule is O=C(Nc1ccc(Br)cc1C(=O)O)c1ccc(S(=O)(=O)N2CCc3ccc(F)cc3C2)cc1. The lowest BCUT2D eigenvalue weighted by atomic mass is 10.0. The van der Waals surface area contributed by atoms with Gasteiger partial charge >= 0.3 is 5.97 Å². The first kappa shape index (κ1) is 23.1. The number of hydrogen-bond acceptors (Lipinski definition) is 4. The molecular formula is C23H18BrFN2O5S. The minimum Gasteiger partial charge on any atom is -0.478 e. The van der Waals surface area contributed by atoms with Gasteiger partial charge in [0.05, 0.1) is 16.1 Å². The number of fused-ring (bicyclic) bond motifs is 1. The van der Waals surface area contributed by atoms with Gasteiger partial charge in [0.2, 0.25) is 10.0 Å². The lowest BCUT2D eigenvalue weighted by Gasteiger charge is -2.28. The summed E-state index contributed by atoms with van der Waals surface area (Å²) in [5.41, 5.74) is 1.75. The van der Waals surface area contributed by atoms with Crippen LogP contribution < -0.4 is 5.32 Å². The van der Waals surface area contributed by atoms with Crippen LogP contribution in [0.2, 0.25) is 0 Å². The van der Waals surface area contributed by atoms with Crippen molar-refractivity contribution < 1.29 is 27.5 Å². The number of hydrogen-bond donors (Lipinski definition) is 2. The molecule has 1 aliphatic heterocycles. The Kier molecular flexibility index (Phi) is 6.33. The molecule has 0 saturated heterocycles. The van der Waals surface area contributed by atoms with Gasteiger partial charge in [0.1, 0.15) is 5.82 Å². The second-order valence-corrected chi connectivity index (χ2v) is 10.3. The highest BCUT2D eigenvalue weighted by Crippen LogP contribution is 2.26. The molecule has 0 spiro atoms.